The van der Waals surface area contributed by atoms with Gasteiger partial charge in [-0.15, -0.1) is 0 Å². The molecule has 116 valence electrons. The van der Waals surface area contributed by atoms with Crippen LogP contribution < -0.4 is 11.1 Å². The van der Waals surface area contributed by atoms with Gasteiger partial charge in [0, 0.05) is 12.6 Å². The first kappa shape index (κ1) is 15.8. The average molecular weight is 291 g/mol. The second-order valence-corrected chi connectivity index (χ2v) is 5.65. The molecule has 2 rings (SSSR count). The molecule has 1 aliphatic heterocycles. The molecule has 1 aliphatic rings. The number of nitrogens with one attached hydrogen (secondary N) is 1. The first-order valence-corrected chi connectivity index (χ1v) is 7.65. The third-order valence-electron chi connectivity index (χ3n) is 4.21. The van der Waals surface area contributed by atoms with Gasteiger partial charge in [0.25, 0.3) is 0 Å². The van der Waals surface area contributed by atoms with Crippen molar-refractivity contribution in [2.45, 2.75) is 44.7 Å². The molecule has 1 amide bonds. The van der Waals surface area contributed by atoms with E-state index in [2.05, 4.69) is 10.2 Å². The zero-order chi connectivity index (χ0) is 15.2. The van der Waals surface area contributed by atoms with E-state index in [0.717, 1.165) is 32.2 Å². The highest BCUT2D eigenvalue weighted by Crippen LogP contribution is 2.25. The van der Waals surface area contributed by atoms with Gasteiger partial charge in [-0.1, -0.05) is 12.1 Å². The van der Waals surface area contributed by atoms with Crippen LogP contribution in [-0.2, 0) is 4.79 Å². The number of nitrogens with two attached hydrogens (primary N) is 1. The topological polar surface area (TPSA) is 78.6 Å². The Hall–Kier alpha value is -1.59. The van der Waals surface area contributed by atoms with Gasteiger partial charge in [0.2, 0.25) is 5.91 Å². The smallest absolute Gasteiger partial charge is 0.241 e. The van der Waals surface area contributed by atoms with E-state index in [-0.39, 0.29) is 18.6 Å². The normalized spacial score (nSPS) is 20.4. The number of rotatable bonds is 6. The van der Waals surface area contributed by atoms with Crippen LogP contribution in [0.5, 0.6) is 0 Å². The third kappa shape index (κ3) is 3.95. The van der Waals surface area contributed by atoms with Crippen molar-refractivity contribution in [1.29, 1.82) is 0 Å². The van der Waals surface area contributed by atoms with Gasteiger partial charge in [-0.3, -0.25) is 9.69 Å². The van der Waals surface area contributed by atoms with Crippen molar-refractivity contribution in [1.82, 2.24) is 4.90 Å². The number of anilines is 2. The van der Waals surface area contributed by atoms with Crippen LogP contribution in [0.15, 0.2) is 24.3 Å². The summed E-state index contributed by atoms with van der Waals surface area (Å²) in [6, 6.07) is 7.51. The SMILES string of the molecule is CC(C(=O)Nc1ccccc1N)N1CCCC1CCCO. The Morgan fingerprint density at radius 3 is 3.00 bits per heavy atom. The molecule has 0 radical (unpaired) electrons. The average Bonchev–Trinajstić information content (AvgIpc) is 2.95. The number of aliphatic hydroxyl groups is 1. The summed E-state index contributed by atoms with van der Waals surface area (Å²) in [6.45, 7) is 3.09. The molecule has 2 atom stereocenters. The quantitative estimate of drug-likeness (QED) is 0.699. The van der Waals surface area contributed by atoms with Crippen LogP contribution in [0.4, 0.5) is 11.4 Å². The number of hydrogen-bond donors (Lipinski definition) is 3. The fraction of sp³-hybridized carbons (Fsp3) is 0.562. The van der Waals surface area contributed by atoms with E-state index in [1.165, 1.54) is 0 Å². The largest absolute Gasteiger partial charge is 0.397 e. The Morgan fingerprint density at radius 1 is 1.52 bits per heavy atom. The van der Waals surface area contributed by atoms with Gasteiger partial charge in [0.15, 0.2) is 0 Å². The second-order valence-electron chi connectivity index (χ2n) is 5.65. The summed E-state index contributed by atoms with van der Waals surface area (Å²) in [6.07, 6.45) is 3.95. The molecule has 2 unspecified atom stereocenters. The number of likely N-dealkylation sites (tertiary alicyclic amines) is 1. The van der Waals surface area contributed by atoms with Crippen LogP contribution in [0.25, 0.3) is 0 Å². The summed E-state index contributed by atoms with van der Waals surface area (Å²) in [5, 5.41) is 11.9. The van der Waals surface area contributed by atoms with Crippen LogP contribution in [0.3, 0.4) is 0 Å². The number of nitrogens with zero attached hydrogens (tertiary/aromatic N) is 1. The van der Waals surface area contributed by atoms with Gasteiger partial charge in [-0.05, 0) is 51.3 Å². The van der Waals surface area contributed by atoms with Crippen molar-refractivity contribution in [3.05, 3.63) is 24.3 Å². The van der Waals surface area contributed by atoms with Crippen molar-refractivity contribution in [2.24, 2.45) is 0 Å². The number of carbonyl (C=O) groups is 1. The van der Waals surface area contributed by atoms with E-state index in [9.17, 15) is 4.79 Å². The summed E-state index contributed by atoms with van der Waals surface area (Å²) in [4.78, 5) is 14.7. The number of aliphatic hydroxyl groups excluding tert-OH is 1. The van der Waals surface area contributed by atoms with E-state index in [1.807, 2.05) is 25.1 Å². The molecule has 0 saturated carbocycles. The van der Waals surface area contributed by atoms with E-state index in [4.69, 9.17) is 10.8 Å². The Kier molecular flexibility index (Phi) is 5.59. The minimum atomic E-state index is -0.184. The lowest BCUT2D eigenvalue weighted by atomic mass is 10.1. The molecule has 0 bridgehead atoms. The minimum Gasteiger partial charge on any atom is -0.397 e. The predicted octanol–water partition coefficient (Wildman–Crippen LogP) is 1.83. The summed E-state index contributed by atoms with van der Waals surface area (Å²) in [5.74, 6) is -0.0243. The zero-order valence-corrected chi connectivity index (χ0v) is 12.6. The van der Waals surface area contributed by atoms with Gasteiger partial charge in [-0.2, -0.15) is 0 Å². The highest BCUT2D eigenvalue weighted by Gasteiger charge is 2.31. The summed E-state index contributed by atoms with van der Waals surface area (Å²) in [5.41, 5.74) is 7.11. The summed E-state index contributed by atoms with van der Waals surface area (Å²) in [7, 11) is 0. The van der Waals surface area contributed by atoms with Gasteiger partial charge in [0.1, 0.15) is 0 Å². The molecule has 0 aliphatic carbocycles. The number of amides is 1. The molecular formula is C16H25N3O2. The van der Waals surface area contributed by atoms with Gasteiger partial charge < -0.3 is 16.2 Å². The van der Waals surface area contributed by atoms with Gasteiger partial charge in [-0.25, -0.2) is 0 Å². The Balaban J connectivity index is 1.97. The first-order chi connectivity index (χ1) is 10.1. The fourth-order valence-electron chi connectivity index (χ4n) is 3.00. The van der Waals surface area contributed by atoms with Gasteiger partial charge >= 0.3 is 0 Å². The molecule has 5 nitrogen and oxygen atoms in total. The van der Waals surface area contributed by atoms with Crippen molar-refractivity contribution in [3.63, 3.8) is 0 Å². The summed E-state index contributed by atoms with van der Waals surface area (Å²) < 4.78 is 0. The predicted molar refractivity (Wildman–Crippen MR) is 85.0 cm³/mol. The molecule has 1 aromatic carbocycles. The highest BCUT2D eigenvalue weighted by molar-refractivity contribution is 5.97. The Bertz CT molecular complexity index is 478. The van der Waals surface area contributed by atoms with Gasteiger partial charge in [0.05, 0.1) is 17.4 Å². The highest BCUT2D eigenvalue weighted by atomic mass is 16.3. The monoisotopic (exact) mass is 291 g/mol. The molecular weight excluding hydrogens is 266 g/mol. The number of carbonyl (C=O) groups excluding carboxylic acids is 1. The van der Waals surface area contributed by atoms with E-state index in [1.54, 1.807) is 6.07 Å². The molecule has 1 fully saturated rings. The van der Waals surface area contributed by atoms with Crippen LogP contribution in [0.2, 0.25) is 0 Å². The van der Waals surface area contributed by atoms with Crippen molar-refractivity contribution < 1.29 is 9.90 Å². The maximum Gasteiger partial charge on any atom is 0.241 e. The molecule has 0 aromatic heterocycles. The van der Waals surface area contributed by atoms with E-state index < -0.39 is 0 Å². The van der Waals surface area contributed by atoms with E-state index >= 15 is 0 Å². The van der Waals surface area contributed by atoms with E-state index in [0.29, 0.717) is 17.4 Å². The van der Waals surface area contributed by atoms with Crippen molar-refractivity contribution >= 4 is 17.3 Å². The van der Waals surface area contributed by atoms with Crippen LogP contribution in [0, 0.1) is 0 Å². The Labute approximate surface area is 126 Å². The first-order valence-electron chi connectivity index (χ1n) is 7.65. The molecule has 0 spiro atoms. The third-order valence-corrected chi connectivity index (χ3v) is 4.21. The molecule has 1 aromatic rings. The fourth-order valence-corrected chi connectivity index (χ4v) is 3.00. The van der Waals surface area contributed by atoms with Crippen LogP contribution >= 0.6 is 0 Å². The molecule has 1 saturated heterocycles. The Morgan fingerprint density at radius 2 is 2.29 bits per heavy atom. The molecule has 4 N–H and O–H groups in total. The minimum absolute atomic E-state index is 0.0243. The molecule has 21 heavy (non-hydrogen) atoms. The lowest BCUT2D eigenvalue weighted by Gasteiger charge is -2.29. The number of para-hydroxylation sites is 2. The zero-order valence-electron chi connectivity index (χ0n) is 12.6. The second kappa shape index (κ2) is 7.43. The van der Waals surface area contributed by atoms with Crippen molar-refractivity contribution in [2.75, 3.05) is 24.2 Å². The number of benzene rings is 1. The maximum absolute atomic E-state index is 12.4. The summed E-state index contributed by atoms with van der Waals surface area (Å²) >= 11 is 0. The standard InChI is InChI=1S/C16H25N3O2/c1-12(19-10-4-6-13(19)7-5-11-20)16(21)18-15-9-3-2-8-14(15)17/h2-3,8-9,12-13,20H,4-7,10-11,17H2,1H3,(H,18,21). The lowest BCUT2D eigenvalue weighted by Crippen LogP contribution is -2.44. The number of nitrogen functional groups attached to an aromatic ring is 1. The van der Waals surface area contributed by atoms with Crippen LogP contribution in [0.1, 0.15) is 32.6 Å². The van der Waals surface area contributed by atoms with Crippen LogP contribution in [-0.4, -0.2) is 41.1 Å². The molecule has 5 heteroatoms. The lowest BCUT2D eigenvalue weighted by molar-refractivity contribution is -0.121. The number of hydrogen-bond acceptors (Lipinski definition) is 4. The maximum atomic E-state index is 12.4. The van der Waals surface area contributed by atoms with Crippen molar-refractivity contribution in [3.8, 4) is 0 Å². The molecule has 1 heterocycles.